The molecule has 0 radical (unpaired) electrons. The van der Waals surface area contributed by atoms with E-state index in [4.69, 9.17) is 5.11 Å². The molecule has 0 aromatic heterocycles. The zero-order chi connectivity index (χ0) is 12.5. The molecule has 0 fully saturated rings. The van der Waals surface area contributed by atoms with Crippen LogP contribution in [0.4, 0.5) is 0 Å². The van der Waals surface area contributed by atoms with E-state index in [2.05, 4.69) is 42.8 Å². The van der Waals surface area contributed by atoms with Crippen molar-refractivity contribution in [3.8, 4) is 0 Å². The molecule has 0 heterocycles. The Bertz CT molecular complexity index is 300. The van der Waals surface area contributed by atoms with Crippen LogP contribution in [0.3, 0.4) is 0 Å². The molecule has 1 unspecified atom stereocenters. The molecule has 0 saturated heterocycles. The van der Waals surface area contributed by atoms with Crippen LogP contribution in [0.25, 0.3) is 0 Å². The highest BCUT2D eigenvalue weighted by molar-refractivity contribution is 7.98. The molecule has 0 amide bonds. The Balaban J connectivity index is 2.13. The maximum absolute atomic E-state index is 8.90. The number of aliphatic hydroxyl groups excluding tert-OH is 1. The normalized spacial score (nSPS) is 12.6. The third kappa shape index (κ3) is 6.10. The maximum atomic E-state index is 8.90. The molecule has 0 spiro atoms. The number of hydrogen-bond donors (Lipinski definition) is 2. The van der Waals surface area contributed by atoms with E-state index in [9.17, 15) is 0 Å². The van der Waals surface area contributed by atoms with E-state index < -0.39 is 0 Å². The van der Waals surface area contributed by atoms with Gasteiger partial charge < -0.3 is 10.4 Å². The maximum Gasteiger partial charge on any atom is 0.0456 e. The van der Waals surface area contributed by atoms with Gasteiger partial charge in [-0.15, -0.1) is 11.8 Å². The lowest BCUT2D eigenvalue weighted by atomic mass is 10.1. The van der Waals surface area contributed by atoms with Crippen molar-refractivity contribution < 1.29 is 5.11 Å². The van der Waals surface area contributed by atoms with Crippen LogP contribution in [0.5, 0.6) is 0 Å². The molecule has 0 aliphatic carbocycles. The number of thioether (sulfide) groups is 1. The lowest BCUT2D eigenvalue weighted by molar-refractivity contribution is 0.228. The minimum atomic E-state index is 0.302. The molecule has 0 saturated carbocycles. The summed E-state index contributed by atoms with van der Waals surface area (Å²) in [7, 11) is 0. The molecule has 96 valence electrons. The monoisotopic (exact) mass is 253 g/mol. The van der Waals surface area contributed by atoms with E-state index in [1.165, 1.54) is 10.5 Å². The first-order valence-electron chi connectivity index (χ1n) is 6.20. The van der Waals surface area contributed by atoms with Crippen molar-refractivity contribution in [2.24, 2.45) is 5.92 Å². The van der Waals surface area contributed by atoms with E-state index >= 15 is 0 Å². The Morgan fingerprint density at radius 2 is 2.00 bits per heavy atom. The molecule has 0 bridgehead atoms. The highest BCUT2D eigenvalue weighted by Gasteiger charge is 1.99. The Kier molecular flexibility index (Phi) is 7.33. The summed E-state index contributed by atoms with van der Waals surface area (Å²) in [5.41, 5.74) is 1.33. The molecule has 0 aliphatic heterocycles. The van der Waals surface area contributed by atoms with E-state index in [-0.39, 0.29) is 0 Å². The number of nitrogens with one attached hydrogen (secondary N) is 1. The third-order valence-corrected chi connectivity index (χ3v) is 3.59. The largest absolute Gasteiger partial charge is 0.396 e. The zero-order valence-electron chi connectivity index (χ0n) is 10.8. The summed E-state index contributed by atoms with van der Waals surface area (Å²) in [6, 6.07) is 8.68. The van der Waals surface area contributed by atoms with E-state index in [0.29, 0.717) is 12.5 Å². The zero-order valence-corrected chi connectivity index (χ0v) is 11.6. The molecule has 1 rings (SSSR count). The summed E-state index contributed by atoms with van der Waals surface area (Å²) < 4.78 is 0. The molecule has 1 aromatic rings. The van der Waals surface area contributed by atoms with Crippen molar-refractivity contribution in [1.29, 1.82) is 0 Å². The van der Waals surface area contributed by atoms with Gasteiger partial charge in [0.1, 0.15) is 0 Å². The first kappa shape index (κ1) is 14.6. The lowest BCUT2D eigenvalue weighted by Crippen LogP contribution is -2.15. The van der Waals surface area contributed by atoms with Gasteiger partial charge in [-0.3, -0.25) is 0 Å². The fourth-order valence-electron chi connectivity index (χ4n) is 1.64. The number of rotatable bonds is 8. The minimum absolute atomic E-state index is 0.302. The van der Waals surface area contributed by atoms with Crippen molar-refractivity contribution >= 4 is 11.8 Å². The van der Waals surface area contributed by atoms with Crippen molar-refractivity contribution in [3.63, 3.8) is 0 Å². The van der Waals surface area contributed by atoms with Gasteiger partial charge in [-0.05, 0) is 49.3 Å². The Hall–Kier alpha value is -0.510. The molecule has 17 heavy (non-hydrogen) atoms. The second kappa shape index (κ2) is 8.56. The molecular formula is C14H23NOS. The number of benzene rings is 1. The summed E-state index contributed by atoms with van der Waals surface area (Å²) in [4.78, 5) is 1.31. The Morgan fingerprint density at radius 3 is 2.59 bits per heavy atom. The smallest absolute Gasteiger partial charge is 0.0456 e. The highest BCUT2D eigenvalue weighted by atomic mass is 32.2. The van der Waals surface area contributed by atoms with E-state index in [1.54, 1.807) is 11.8 Å². The molecule has 1 aromatic carbocycles. The minimum Gasteiger partial charge on any atom is -0.396 e. The second-order valence-electron chi connectivity index (χ2n) is 4.45. The van der Waals surface area contributed by atoms with Crippen LogP contribution in [0, 0.1) is 5.92 Å². The number of hydrogen-bond acceptors (Lipinski definition) is 3. The predicted octanol–water partition coefficient (Wildman–Crippen LogP) is 2.91. The first-order valence-corrected chi connectivity index (χ1v) is 7.43. The van der Waals surface area contributed by atoms with Crippen LogP contribution in [0.2, 0.25) is 0 Å². The standard InChI is InChI=1S/C14H23NOS/c1-12(11-16)4-3-9-15-10-13-5-7-14(17-2)8-6-13/h5-8,12,15-16H,3-4,9-11H2,1-2H3. The van der Waals surface area contributed by atoms with Crippen molar-refractivity contribution in [1.82, 2.24) is 5.32 Å². The van der Waals surface area contributed by atoms with Crippen LogP contribution in [0.15, 0.2) is 29.2 Å². The van der Waals surface area contributed by atoms with E-state index in [1.807, 2.05) is 0 Å². The van der Waals surface area contributed by atoms with Gasteiger partial charge in [0.15, 0.2) is 0 Å². The first-order chi connectivity index (χ1) is 8.26. The van der Waals surface area contributed by atoms with Gasteiger partial charge in [-0.2, -0.15) is 0 Å². The SMILES string of the molecule is CSc1ccc(CNCCCC(C)CO)cc1. The molecule has 3 heteroatoms. The van der Waals surface area contributed by atoms with Gasteiger partial charge in [0, 0.05) is 18.0 Å². The number of aliphatic hydroxyl groups is 1. The fourth-order valence-corrected chi connectivity index (χ4v) is 2.05. The van der Waals surface area contributed by atoms with Gasteiger partial charge in [0.2, 0.25) is 0 Å². The third-order valence-electron chi connectivity index (χ3n) is 2.85. The summed E-state index contributed by atoms with van der Waals surface area (Å²) in [5.74, 6) is 0.428. The Labute approximate surface area is 109 Å². The van der Waals surface area contributed by atoms with Crippen LogP contribution in [0.1, 0.15) is 25.3 Å². The summed E-state index contributed by atoms with van der Waals surface area (Å²) >= 11 is 1.77. The lowest BCUT2D eigenvalue weighted by Gasteiger charge is -2.08. The molecule has 2 nitrogen and oxygen atoms in total. The van der Waals surface area contributed by atoms with Crippen LogP contribution in [-0.4, -0.2) is 24.5 Å². The Morgan fingerprint density at radius 1 is 1.29 bits per heavy atom. The summed E-state index contributed by atoms with van der Waals surface area (Å²) in [6.45, 7) is 4.34. The van der Waals surface area contributed by atoms with Gasteiger partial charge >= 0.3 is 0 Å². The van der Waals surface area contributed by atoms with Crippen molar-refractivity contribution in [3.05, 3.63) is 29.8 Å². The van der Waals surface area contributed by atoms with Crippen molar-refractivity contribution in [2.75, 3.05) is 19.4 Å². The van der Waals surface area contributed by atoms with Crippen LogP contribution >= 0.6 is 11.8 Å². The van der Waals surface area contributed by atoms with Crippen molar-refractivity contribution in [2.45, 2.75) is 31.2 Å². The summed E-state index contributed by atoms with van der Waals surface area (Å²) in [5, 5.41) is 12.3. The molecule has 2 N–H and O–H groups in total. The second-order valence-corrected chi connectivity index (χ2v) is 5.33. The van der Waals surface area contributed by atoms with Crippen LogP contribution in [-0.2, 0) is 6.54 Å². The topological polar surface area (TPSA) is 32.3 Å². The molecule has 0 aliphatic rings. The molecular weight excluding hydrogens is 230 g/mol. The van der Waals surface area contributed by atoms with Gasteiger partial charge in [0.05, 0.1) is 0 Å². The average Bonchev–Trinajstić information content (AvgIpc) is 2.38. The average molecular weight is 253 g/mol. The van der Waals surface area contributed by atoms with Crippen LogP contribution < -0.4 is 5.32 Å². The molecule has 1 atom stereocenters. The van der Waals surface area contributed by atoms with Gasteiger partial charge in [0.25, 0.3) is 0 Å². The fraction of sp³-hybridized carbons (Fsp3) is 0.571. The summed E-state index contributed by atoms with van der Waals surface area (Å²) in [6.07, 6.45) is 4.31. The van der Waals surface area contributed by atoms with E-state index in [0.717, 1.165) is 25.9 Å². The van der Waals surface area contributed by atoms with Gasteiger partial charge in [-0.25, -0.2) is 0 Å². The van der Waals surface area contributed by atoms with Gasteiger partial charge in [-0.1, -0.05) is 19.1 Å². The highest BCUT2D eigenvalue weighted by Crippen LogP contribution is 2.14. The predicted molar refractivity (Wildman–Crippen MR) is 75.4 cm³/mol. The quantitative estimate of drug-likeness (QED) is 0.552.